The average molecular weight is 247 g/mol. The minimum absolute atomic E-state index is 0.184. The van der Waals surface area contributed by atoms with Crippen LogP contribution in [0.25, 0.3) is 0 Å². The second kappa shape index (κ2) is 4.07. The molecule has 1 aromatic carbocycles. The Hall–Kier alpha value is -1.39. The number of methoxy groups -OCH3 is 1. The van der Waals surface area contributed by atoms with E-state index in [0.29, 0.717) is 19.6 Å². The summed E-state index contributed by atoms with van der Waals surface area (Å²) < 4.78 is 10.9. The van der Waals surface area contributed by atoms with Crippen molar-refractivity contribution in [3.63, 3.8) is 0 Å². The number of benzene rings is 1. The van der Waals surface area contributed by atoms with Crippen LogP contribution in [0.5, 0.6) is 0 Å². The van der Waals surface area contributed by atoms with Crippen molar-refractivity contribution in [2.45, 2.75) is 18.4 Å². The Bertz CT molecular complexity index is 488. The summed E-state index contributed by atoms with van der Waals surface area (Å²) in [6.07, 6.45) is 1.40. The molecule has 2 aliphatic heterocycles. The van der Waals surface area contributed by atoms with Crippen molar-refractivity contribution in [2.75, 3.05) is 32.3 Å². The van der Waals surface area contributed by atoms with Gasteiger partial charge < -0.3 is 14.4 Å². The fraction of sp³-hybridized carbons (Fsp3) is 0.500. The zero-order valence-electron chi connectivity index (χ0n) is 10.7. The number of carbonyl (C=O) groups excluding carboxylic acids is 1. The summed E-state index contributed by atoms with van der Waals surface area (Å²) in [7, 11) is 3.55. The van der Waals surface area contributed by atoms with Gasteiger partial charge in [0.05, 0.1) is 13.2 Å². The van der Waals surface area contributed by atoms with Gasteiger partial charge in [-0.1, -0.05) is 12.1 Å². The van der Waals surface area contributed by atoms with Crippen LogP contribution in [0.15, 0.2) is 18.2 Å². The molecule has 96 valence electrons. The molecule has 0 aromatic heterocycles. The van der Waals surface area contributed by atoms with Crippen LogP contribution in [0.3, 0.4) is 0 Å². The highest BCUT2D eigenvalue weighted by molar-refractivity contribution is 5.95. The number of anilines is 1. The third kappa shape index (κ3) is 1.56. The van der Waals surface area contributed by atoms with Crippen LogP contribution >= 0.6 is 0 Å². The lowest BCUT2D eigenvalue weighted by Gasteiger charge is -2.41. The van der Waals surface area contributed by atoms with Crippen molar-refractivity contribution < 1.29 is 14.3 Å². The molecule has 1 fully saturated rings. The molecule has 4 nitrogen and oxygen atoms in total. The van der Waals surface area contributed by atoms with Crippen molar-refractivity contribution >= 4 is 11.6 Å². The number of amides is 1. The predicted octanol–water partition coefficient (Wildman–Crippen LogP) is 1.47. The van der Waals surface area contributed by atoms with Gasteiger partial charge in [0.1, 0.15) is 5.60 Å². The SMILES string of the molecule is COC1(c2ccc3c(c2)CCC(=O)N3C)COC1. The lowest BCUT2D eigenvalue weighted by molar-refractivity contribution is -0.202. The average Bonchev–Trinajstić information content (AvgIpc) is 2.33. The molecule has 3 rings (SSSR count). The van der Waals surface area contributed by atoms with Crippen LogP contribution < -0.4 is 4.90 Å². The van der Waals surface area contributed by atoms with Gasteiger partial charge in [0, 0.05) is 26.3 Å². The van der Waals surface area contributed by atoms with Crippen LogP contribution in [0, 0.1) is 0 Å². The van der Waals surface area contributed by atoms with Gasteiger partial charge >= 0.3 is 0 Å². The highest BCUT2D eigenvalue weighted by Crippen LogP contribution is 2.36. The minimum Gasteiger partial charge on any atom is -0.375 e. The van der Waals surface area contributed by atoms with Crippen molar-refractivity contribution in [1.29, 1.82) is 0 Å². The lowest BCUT2D eigenvalue weighted by atomic mass is 9.88. The number of rotatable bonds is 2. The van der Waals surface area contributed by atoms with Crippen LogP contribution in [0.4, 0.5) is 5.69 Å². The number of hydrogen-bond acceptors (Lipinski definition) is 3. The Labute approximate surface area is 106 Å². The van der Waals surface area contributed by atoms with Gasteiger partial charge in [0.15, 0.2) is 0 Å². The van der Waals surface area contributed by atoms with E-state index in [1.54, 1.807) is 12.0 Å². The smallest absolute Gasteiger partial charge is 0.227 e. The topological polar surface area (TPSA) is 38.8 Å². The fourth-order valence-corrected chi connectivity index (χ4v) is 2.63. The number of aryl methyl sites for hydroxylation is 1. The quantitative estimate of drug-likeness (QED) is 0.794. The van der Waals surface area contributed by atoms with E-state index >= 15 is 0 Å². The Balaban J connectivity index is 1.99. The molecule has 0 spiro atoms. The Kier molecular flexibility index (Phi) is 2.64. The molecule has 1 saturated heterocycles. The number of ether oxygens (including phenoxy) is 2. The Morgan fingerprint density at radius 2 is 2.11 bits per heavy atom. The van der Waals surface area contributed by atoms with Gasteiger partial charge in [0.25, 0.3) is 0 Å². The first-order valence-corrected chi connectivity index (χ1v) is 6.19. The molecule has 4 heteroatoms. The fourth-order valence-electron chi connectivity index (χ4n) is 2.63. The summed E-state index contributed by atoms with van der Waals surface area (Å²) in [5.41, 5.74) is 3.10. The van der Waals surface area contributed by atoms with E-state index in [4.69, 9.17) is 9.47 Å². The van der Waals surface area contributed by atoms with Crippen LogP contribution in [-0.2, 0) is 26.3 Å². The van der Waals surface area contributed by atoms with Gasteiger partial charge in [-0.05, 0) is 23.6 Å². The first kappa shape index (κ1) is 11.7. The molecule has 0 unspecified atom stereocenters. The maximum Gasteiger partial charge on any atom is 0.227 e. The van der Waals surface area contributed by atoms with Gasteiger partial charge in [-0.3, -0.25) is 4.79 Å². The van der Waals surface area contributed by atoms with E-state index in [1.165, 1.54) is 5.56 Å². The zero-order valence-corrected chi connectivity index (χ0v) is 10.7. The maximum atomic E-state index is 11.6. The van der Waals surface area contributed by atoms with Crippen LogP contribution in [0.2, 0.25) is 0 Å². The molecule has 1 aromatic rings. The highest BCUT2D eigenvalue weighted by atomic mass is 16.6. The van der Waals surface area contributed by atoms with Crippen molar-refractivity contribution in [1.82, 2.24) is 0 Å². The maximum absolute atomic E-state index is 11.6. The second-order valence-corrected chi connectivity index (χ2v) is 4.99. The number of carbonyl (C=O) groups is 1. The van der Waals surface area contributed by atoms with Gasteiger partial charge in [-0.15, -0.1) is 0 Å². The zero-order chi connectivity index (χ0) is 12.8. The van der Waals surface area contributed by atoms with Crippen LogP contribution in [0.1, 0.15) is 17.5 Å². The molecule has 1 amide bonds. The summed E-state index contributed by atoms with van der Waals surface area (Å²) in [6.45, 7) is 1.22. The largest absolute Gasteiger partial charge is 0.375 e. The molecule has 0 N–H and O–H groups in total. The molecule has 2 heterocycles. The normalized spacial score (nSPS) is 21.4. The van der Waals surface area contributed by atoms with E-state index < -0.39 is 0 Å². The second-order valence-electron chi connectivity index (χ2n) is 4.99. The van der Waals surface area contributed by atoms with Gasteiger partial charge in [0.2, 0.25) is 5.91 Å². The van der Waals surface area contributed by atoms with Crippen LogP contribution in [-0.4, -0.2) is 33.3 Å². The molecule has 0 saturated carbocycles. The van der Waals surface area contributed by atoms with E-state index in [-0.39, 0.29) is 11.5 Å². The van der Waals surface area contributed by atoms with E-state index in [0.717, 1.165) is 17.7 Å². The molecule has 0 bridgehead atoms. The summed E-state index contributed by atoms with van der Waals surface area (Å²) in [6, 6.07) is 6.21. The van der Waals surface area contributed by atoms with E-state index in [9.17, 15) is 4.79 Å². The van der Waals surface area contributed by atoms with Crippen molar-refractivity contribution in [3.8, 4) is 0 Å². The highest BCUT2D eigenvalue weighted by Gasteiger charge is 2.41. The number of nitrogens with zero attached hydrogens (tertiary/aromatic N) is 1. The molecule has 2 aliphatic rings. The summed E-state index contributed by atoms with van der Waals surface area (Å²) in [4.78, 5) is 13.4. The summed E-state index contributed by atoms with van der Waals surface area (Å²) >= 11 is 0. The minimum atomic E-state index is -0.283. The summed E-state index contributed by atoms with van der Waals surface area (Å²) in [5.74, 6) is 0.184. The first-order chi connectivity index (χ1) is 8.66. The molecule has 0 aliphatic carbocycles. The van der Waals surface area contributed by atoms with Crippen molar-refractivity contribution in [3.05, 3.63) is 29.3 Å². The number of fused-ring (bicyclic) bond motifs is 1. The first-order valence-electron chi connectivity index (χ1n) is 6.19. The van der Waals surface area contributed by atoms with Crippen molar-refractivity contribution in [2.24, 2.45) is 0 Å². The predicted molar refractivity (Wildman–Crippen MR) is 67.7 cm³/mol. The number of hydrogen-bond donors (Lipinski definition) is 0. The third-order valence-corrected chi connectivity index (χ3v) is 4.01. The molecular formula is C14H17NO3. The van der Waals surface area contributed by atoms with E-state index in [2.05, 4.69) is 6.07 Å². The van der Waals surface area contributed by atoms with E-state index in [1.807, 2.05) is 19.2 Å². The standard InChI is InChI=1S/C14H17NO3/c1-15-12-5-4-11(14(17-2)8-18-9-14)7-10(12)3-6-13(15)16/h4-5,7H,3,6,8-9H2,1-2H3. The molecule has 18 heavy (non-hydrogen) atoms. The van der Waals surface area contributed by atoms with Gasteiger partial charge in [-0.2, -0.15) is 0 Å². The Morgan fingerprint density at radius 1 is 1.33 bits per heavy atom. The third-order valence-electron chi connectivity index (χ3n) is 4.01. The molecular weight excluding hydrogens is 230 g/mol. The molecule has 0 atom stereocenters. The Morgan fingerprint density at radius 3 is 2.72 bits per heavy atom. The summed E-state index contributed by atoms with van der Waals surface area (Å²) in [5, 5.41) is 0. The molecule has 0 radical (unpaired) electrons. The monoisotopic (exact) mass is 247 g/mol. The lowest BCUT2D eigenvalue weighted by Crippen LogP contribution is -2.48. The van der Waals surface area contributed by atoms with Gasteiger partial charge in [-0.25, -0.2) is 0 Å².